The summed E-state index contributed by atoms with van der Waals surface area (Å²) in [6.45, 7) is 4.89. The highest BCUT2D eigenvalue weighted by molar-refractivity contribution is 5.57. The maximum absolute atomic E-state index is 10.9. The van der Waals surface area contributed by atoms with E-state index in [4.69, 9.17) is 23.7 Å². The predicted octanol–water partition coefficient (Wildman–Crippen LogP) is 0.342. The minimum atomic E-state index is -0.667. The summed E-state index contributed by atoms with van der Waals surface area (Å²) in [6, 6.07) is 0. The highest BCUT2D eigenvalue weighted by Gasteiger charge is 2.37. The van der Waals surface area contributed by atoms with Crippen molar-refractivity contribution < 1.29 is 28.5 Å². The fourth-order valence-electron chi connectivity index (χ4n) is 1.44. The Bertz CT molecular complexity index is 230. The van der Waals surface area contributed by atoms with Gasteiger partial charge in [0.05, 0.1) is 19.8 Å². The first-order chi connectivity index (χ1) is 8.09. The highest BCUT2D eigenvalue weighted by atomic mass is 16.8. The average Bonchev–Trinajstić information content (AvgIpc) is 2.64. The average molecular weight is 248 g/mol. The standard InChI is InChI=1S/C11H20O6/c1-11(2)16-7-10(17-11)9(6-12)15-8-14-5-4-13-3/h6,9-10H,4-5,7-8H2,1-3H3/t9-,10-/m1/s1. The minimum Gasteiger partial charge on any atom is -0.382 e. The molecule has 0 unspecified atom stereocenters. The van der Waals surface area contributed by atoms with E-state index in [1.54, 1.807) is 21.0 Å². The molecule has 2 atom stereocenters. The molecular weight excluding hydrogens is 228 g/mol. The van der Waals surface area contributed by atoms with Crippen molar-refractivity contribution in [2.75, 3.05) is 33.7 Å². The zero-order valence-electron chi connectivity index (χ0n) is 10.5. The van der Waals surface area contributed by atoms with Gasteiger partial charge in [0.2, 0.25) is 0 Å². The summed E-state index contributed by atoms with van der Waals surface area (Å²) in [5.74, 6) is -0.661. The summed E-state index contributed by atoms with van der Waals surface area (Å²) in [4.78, 5) is 10.9. The van der Waals surface area contributed by atoms with Crippen molar-refractivity contribution in [3.8, 4) is 0 Å². The van der Waals surface area contributed by atoms with Gasteiger partial charge in [-0.05, 0) is 13.8 Å². The van der Waals surface area contributed by atoms with Gasteiger partial charge in [-0.3, -0.25) is 0 Å². The van der Waals surface area contributed by atoms with Crippen molar-refractivity contribution in [3.05, 3.63) is 0 Å². The maximum atomic E-state index is 10.9. The summed E-state index contributed by atoms with van der Waals surface area (Å²) in [5.41, 5.74) is 0. The number of hydrogen-bond donors (Lipinski definition) is 0. The molecule has 1 heterocycles. The summed E-state index contributed by atoms with van der Waals surface area (Å²) in [7, 11) is 1.59. The molecule has 1 saturated heterocycles. The van der Waals surface area contributed by atoms with E-state index in [9.17, 15) is 4.79 Å². The van der Waals surface area contributed by atoms with Crippen LogP contribution in [0.3, 0.4) is 0 Å². The minimum absolute atomic E-state index is 0.0348. The first-order valence-corrected chi connectivity index (χ1v) is 5.54. The van der Waals surface area contributed by atoms with E-state index in [1.165, 1.54) is 0 Å². The van der Waals surface area contributed by atoms with Crippen LogP contribution in [0.2, 0.25) is 0 Å². The number of aldehydes is 1. The summed E-state index contributed by atoms with van der Waals surface area (Å²) in [6.07, 6.45) is -0.345. The Morgan fingerprint density at radius 3 is 2.76 bits per heavy atom. The highest BCUT2D eigenvalue weighted by Crippen LogP contribution is 2.24. The van der Waals surface area contributed by atoms with Crippen molar-refractivity contribution in [1.82, 2.24) is 0 Å². The third-order valence-electron chi connectivity index (χ3n) is 2.31. The predicted molar refractivity (Wildman–Crippen MR) is 58.5 cm³/mol. The van der Waals surface area contributed by atoms with E-state index in [0.717, 1.165) is 0 Å². The molecule has 0 radical (unpaired) electrons. The van der Waals surface area contributed by atoms with Crippen LogP contribution in [0, 0.1) is 0 Å². The molecule has 0 aliphatic carbocycles. The van der Waals surface area contributed by atoms with Gasteiger partial charge < -0.3 is 28.5 Å². The molecule has 6 nitrogen and oxygen atoms in total. The number of carbonyl (C=O) groups is 1. The van der Waals surface area contributed by atoms with Crippen molar-refractivity contribution in [1.29, 1.82) is 0 Å². The second-order valence-corrected chi connectivity index (χ2v) is 4.15. The van der Waals surface area contributed by atoms with Crippen LogP contribution < -0.4 is 0 Å². The van der Waals surface area contributed by atoms with Gasteiger partial charge in [0.25, 0.3) is 0 Å². The van der Waals surface area contributed by atoms with Gasteiger partial charge in [0.15, 0.2) is 12.1 Å². The molecule has 1 rings (SSSR count). The van der Waals surface area contributed by atoms with Crippen molar-refractivity contribution >= 4 is 6.29 Å². The lowest BCUT2D eigenvalue weighted by atomic mass is 10.2. The summed E-state index contributed by atoms with van der Waals surface area (Å²) < 4.78 is 26.1. The van der Waals surface area contributed by atoms with Crippen molar-refractivity contribution in [3.63, 3.8) is 0 Å². The van der Waals surface area contributed by atoms with E-state index in [2.05, 4.69) is 0 Å². The Labute approximate surface area is 101 Å². The van der Waals surface area contributed by atoms with E-state index in [1.807, 2.05) is 0 Å². The molecule has 0 aromatic rings. The smallest absolute Gasteiger partial charge is 0.163 e. The number of ether oxygens (including phenoxy) is 5. The Morgan fingerprint density at radius 2 is 2.24 bits per heavy atom. The molecule has 1 aliphatic rings. The molecular formula is C11H20O6. The lowest BCUT2D eigenvalue weighted by Gasteiger charge is -2.20. The van der Waals surface area contributed by atoms with E-state index in [0.29, 0.717) is 26.1 Å². The molecule has 0 bridgehead atoms. The van der Waals surface area contributed by atoms with Crippen LogP contribution in [0.5, 0.6) is 0 Å². The molecule has 0 amide bonds. The van der Waals surface area contributed by atoms with Crippen molar-refractivity contribution in [2.45, 2.75) is 31.8 Å². The van der Waals surface area contributed by atoms with Gasteiger partial charge in [-0.25, -0.2) is 0 Å². The van der Waals surface area contributed by atoms with Gasteiger partial charge >= 0.3 is 0 Å². The van der Waals surface area contributed by atoms with Gasteiger partial charge in [-0.15, -0.1) is 0 Å². The Morgan fingerprint density at radius 1 is 1.47 bits per heavy atom. The van der Waals surface area contributed by atoms with E-state index >= 15 is 0 Å². The fourth-order valence-corrected chi connectivity index (χ4v) is 1.44. The SMILES string of the molecule is COCCOCO[C@H](C=O)[C@H]1COC(C)(C)O1. The molecule has 0 spiro atoms. The van der Waals surface area contributed by atoms with Crippen LogP contribution in [-0.2, 0) is 28.5 Å². The number of rotatable bonds is 8. The quantitative estimate of drug-likeness (QED) is 0.351. The van der Waals surface area contributed by atoms with Gasteiger partial charge in [-0.2, -0.15) is 0 Å². The third-order valence-corrected chi connectivity index (χ3v) is 2.31. The topological polar surface area (TPSA) is 63.2 Å². The van der Waals surface area contributed by atoms with Crippen LogP contribution in [-0.4, -0.2) is 58.0 Å². The van der Waals surface area contributed by atoms with Crippen LogP contribution in [0.1, 0.15) is 13.8 Å². The first kappa shape index (κ1) is 14.5. The van der Waals surface area contributed by atoms with Crippen LogP contribution >= 0.6 is 0 Å². The van der Waals surface area contributed by atoms with Crippen LogP contribution in [0.15, 0.2) is 0 Å². The van der Waals surface area contributed by atoms with E-state index < -0.39 is 11.9 Å². The van der Waals surface area contributed by atoms with Crippen LogP contribution in [0.4, 0.5) is 0 Å². The fraction of sp³-hybridized carbons (Fsp3) is 0.909. The lowest BCUT2D eigenvalue weighted by molar-refractivity contribution is -0.173. The van der Waals surface area contributed by atoms with Crippen LogP contribution in [0.25, 0.3) is 0 Å². The van der Waals surface area contributed by atoms with Crippen molar-refractivity contribution in [2.24, 2.45) is 0 Å². The van der Waals surface area contributed by atoms with Gasteiger partial charge in [-0.1, -0.05) is 0 Å². The normalized spacial score (nSPS) is 24.8. The Hall–Kier alpha value is -0.530. The van der Waals surface area contributed by atoms with E-state index in [-0.39, 0.29) is 12.9 Å². The zero-order valence-corrected chi connectivity index (χ0v) is 10.5. The molecule has 17 heavy (non-hydrogen) atoms. The molecule has 100 valence electrons. The number of carbonyl (C=O) groups excluding carboxylic acids is 1. The molecule has 0 N–H and O–H groups in total. The Balaban J connectivity index is 2.22. The molecule has 0 aromatic heterocycles. The molecule has 6 heteroatoms. The number of hydrogen-bond acceptors (Lipinski definition) is 6. The summed E-state index contributed by atoms with van der Waals surface area (Å²) >= 11 is 0. The second kappa shape index (κ2) is 7.03. The zero-order chi connectivity index (χ0) is 12.7. The van der Waals surface area contributed by atoms with Gasteiger partial charge in [0.1, 0.15) is 19.0 Å². The summed E-state index contributed by atoms with van der Waals surface area (Å²) in [5, 5.41) is 0. The molecule has 0 aromatic carbocycles. The Kier molecular flexibility index (Phi) is 6.01. The lowest BCUT2D eigenvalue weighted by Crippen LogP contribution is -2.34. The largest absolute Gasteiger partial charge is 0.382 e. The second-order valence-electron chi connectivity index (χ2n) is 4.15. The molecule has 0 saturated carbocycles. The maximum Gasteiger partial charge on any atom is 0.163 e. The monoisotopic (exact) mass is 248 g/mol. The number of methoxy groups -OCH3 is 1. The third kappa shape index (κ3) is 5.10. The first-order valence-electron chi connectivity index (χ1n) is 5.54. The molecule has 1 aliphatic heterocycles. The van der Waals surface area contributed by atoms with Gasteiger partial charge in [0, 0.05) is 7.11 Å². The molecule has 1 fully saturated rings.